The number of hydrogen-bond donors (Lipinski definition) is 2. The van der Waals surface area contributed by atoms with Crippen LogP contribution < -0.4 is 5.32 Å². The molecule has 0 saturated carbocycles. The molecule has 0 aromatic rings. The summed E-state index contributed by atoms with van der Waals surface area (Å²) in [4.78, 5) is 37.5. The number of carbonyl (C=O) groups excluding carboxylic acids is 2. The van der Waals surface area contributed by atoms with Crippen LogP contribution in [0, 0.1) is 0 Å². The third-order valence-electron chi connectivity index (χ3n) is 12.6. The van der Waals surface area contributed by atoms with Gasteiger partial charge >= 0.3 is 13.8 Å². The molecular formula is C56H110N2O7P+. The fraction of sp³-hybridized carbons (Fsp3) is 0.893. The zero-order valence-electron chi connectivity index (χ0n) is 44.5. The highest BCUT2D eigenvalue weighted by atomic mass is 31.2. The minimum Gasteiger partial charge on any atom is -0.456 e. The monoisotopic (exact) mass is 954 g/mol. The first-order valence-electron chi connectivity index (χ1n) is 28.2. The topological polar surface area (TPSA) is 111 Å². The van der Waals surface area contributed by atoms with E-state index in [9.17, 15) is 19.0 Å². The molecule has 0 spiro atoms. The van der Waals surface area contributed by atoms with Gasteiger partial charge < -0.3 is 19.4 Å². The second-order valence-corrected chi connectivity index (χ2v) is 21.9. The largest absolute Gasteiger partial charge is 0.472 e. The molecule has 0 aromatic carbocycles. The van der Waals surface area contributed by atoms with Gasteiger partial charge in [0.15, 0.2) is 0 Å². The van der Waals surface area contributed by atoms with Crippen LogP contribution in [0.4, 0.5) is 0 Å². The number of phosphoric acid groups is 1. The molecule has 0 aromatic heterocycles. The summed E-state index contributed by atoms with van der Waals surface area (Å²) in [5, 5.41) is 3.05. The Bertz CT molecular complexity index is 1190. The number of amides is 1. The van der Waals surface area contributed by atoms with E-state index in [1.807, 2.05) is 33.3 Å². The number of quaternary nitrogens is 1. The number of ether oxygens (including phenoxy) is 1. The van der Waals surface area contributed by atoms with Crippen molar-refractivity contribution in [1.29, 1.82) is 0 Å². The van der Waals surface area contributed by atoms with E-state index in [-0.39, 0.29) is 25.1 Å². The Labute approximate surface area is 409 Å². The van der Waals surface area contributed by atoms with E-state index in [1.54, 1.807) is 0 Å². The first-order valence-corrected chi connectivity index (χ1v) is 29.7. The van der Waals surface area contributed by atoms with Crippen LogP contribution in [0.5, 0.6) is 0 Å². The predicted octanol–water partition coefficient (Wildman–Crippen LogP) is 16.6. The lowest BCUT2D eigenvalue weighted by atomic mass is 10.0. The number of phosphoric ester groups is 1. The quantitative estimate of drug-likeness (QED) is 0.0205. The van der Waals surface area contributed by atoms with Crippen LogP contribution in [0.1, 0.15) is 271 Å². The van der Waals surface area contributed by atoms with Crippen LogP contribution in [-0.4, -0.2) is 74.3 Å². The van der Waals surface area contributed by atoms with Crippen molar-refractivity contribution >= 4 is 19.7 Å². The fourth-order valence-electron chi connectivity index (χ4n) is 8.23. The maximum Gasteiger partial charge on any atom is 0.472 e. The minimum atomic E-state index is -4.43. The molecule has 9 nitrogen and oxygen atoms in total. The highest BCUT2D eigenvalue weighted by Crippen LogP contribution is 2.43. The first kappa shape index (κ1) is 64.5. The van der Waals surface area contributed by atoms with Gasteiger partial charge in [-0.2, -0.15) is 0 Å². The number of unbranched alkanes of at least 4 members (excludes halogenated alkanes) is 33. The molecular weight excluding hydrogens is 844 g/mol. The van der Waals surface area contributed by atoms with Crippen molar-refractivity contribution in [2.75, 3.05) is 40.9 Å². The Morgan fingerprint density at radius 2 is 0.879 bits per heavy atom. The summed E-state index contributed by atoms with van der Waals surface area (Å²) < 4.78 is 30.6. The summed E-state index contributed by atoms with van der Waals surface area (Å²) in [6, 6.07) is -0.842. The van der Waals surface area contributed by atoms with Crippen molar-refractivity contribution in [3.05, 3.63) is 24.3 Å². The lowest BCUT2D eigenvalue weighted by Crippen LogP contribution is -2.47. The predicted molar refractivity (Wildman–Crippen MR) is 282 cm³/mol. The molecule has 1 amide bonds. The Balaban J connectivity index is 5.33. The molecule has 0 heterocycles. The fourth-order valence-corrected chi connectivity index (χ4v) is 8.96. The van der Waals surface area contributed by atoms with E-state index >= 15 is 0 Å². The van der Waals surface area contributed by atoms with Gasteiger partial charge in [0.25, 0.3) is 0 Å². The normalized spacial score (nSPS) is 14.0. The summed E-state index contributed by atoms with van der Waals surface area (Å²) in [5.74, 6) is -0.500. The Morgan fingerprint density at radius 3 is 1.30 bits per heavy atom. The number of likely N-dealkylation sites (N-methyl/N-ethyl adjacent to an activating group) is 1. The number of hydrogen-bond acceptors (Lipinski definition) is 6. The van der Waals surface area contributed by atoms with E-state index in [2.05, 4.69) is 38.2 Å². The molecule has 0 aliphatic rings. The number of rotatable bonds is 51. The maximum absolute atomic E-state index is 13.5. The van der Waals surface area contributed by atoms with Crippen molar-refractivity contribution in [3.63, 3.8) is 0 Å². The molecule has 0 bridgehead atoms. The molecule has 0 rings (SSSR count). The van der Waals surface area contributed by atoms with Gasteiger partial charge in [0.1, 0.15) is 19.3 Å². The highest BCUT2D eigenvalue weighted by Gasteiger charge is 2.30. The van der Waals surface area contributed by atoms with Crippen molar-refractivity contribution in [2.24, 2.45) is 0 Å². The van der Waals surface area contributed by atoms with E-state index in [0.29, 0.717) is 23.9 Å². The second kappa shape index (κ2) is 47.2. The SMILES string of the molecule is CCCCCC/C=C\CCCCCCCCCC(=O)OC(/C=C/CCCCCCCCCCC)C(COP(=O)(O)OCC[N+](C)(C)C)NC(=O)CCCCCCCCCCCCCCCC. The smallest absolute Gasteiger partial charge is 0.456 e. The minimum absolute atomic E-state index is 0.0427. The molecule has 0 fully saturated rings. The molecule has 3 atom stereocenters. The van der Waals surface area contributed by atoms with Crippen LogP contribution in [0.3, 0.4) is 0 Å². The lowest BCUT2D eigenvalue weighted by Gasteiger charge is -2.27. The average Bonchev–Trinajstić information content (AvgIpc) is 3.27. The van der Waals surface area contributed by atoms with Crippen LogP contribution >= 0.6 is 7.82 Å². The summed E-state index contributed by atoms with van der Waals surface area (Å²) >= 11 is 0. The summed E-state index contributed by atoms with van der Waals surface area (Å²) in [7, 11) is 1.50. The van der Waals surface area contributed by atoms with E-state index in [4.69, 9.17) is 13.8 Å². The average molecular weight is 954 g/mol. The van der Waals surface area contributed by atoms with Crippen molar-refractivity contribution in [2.45, 2.75) is 283 Å². The van der Waals surface area contributed by atoms with Crippen LogP contribution in [0.2, 0.25) is 0 Å². The van der Waals surface area contributed by atoms with Crippen LogP contribution in [-0.2, 0) is 27.9 Å². The number of nitrogens with zero attached hydrogens (tertiary/aromatic N) is 1. The van der Waals surface area contributed by atoms with Crippen LogP contribution in [0.15, 0.2) is 24.3 Å². The number of carbonyl (C=O) groups is 2. The standard InChI is InChI=1S/C56H109N2O7P/c1-7-10-13-16-19-22-25-27-29-31-34-37-40-43-46-49-56(60)65-54(47-44-41-38-35-32-24-21-18-15-12-9-3)53(52-64-66(61,62)63-51-50-58(4,5)6)57-55(59)48-45-42-39-36-33-30-28-26-23-20-17-14-11-8-2/h22,25,44,47,53-54H,7-21,23-24,26-43,45-46,48-52H2,1-6H3,(H-,57,59,61,62)/p+1/b25-22-,47-44+. The van der Waals surface area contributed by atoms with Crippen molar-refractivity contribution in [3.8, 4) is 0 Å². The molecule has 2 N–H and O–H groups in total. The summed E-state index contributed by atoms with van der Waals surface area (Å²) in [6.07, 6.45) is 53.0. The Morgan fingerprint density at radius 1 is 0.515 bits per heavy atom. The van der Waals surface area contributed by atoms with E-state index in [1.165, 1.54) is 180 Å². The molecule has 390 valence electrons. The van der Waals surface area contributed by atoms with Crippen molar-refractivity contribution in [1.82, 2.24) is 5.32 Å². The summed E-state index contributed by atoms with van der Waals surface area (Å²) in [6.45, 7) is 7.01. The van der Waals surface area contributed by atoms with Gasteiger partial charge in [-0.05, 0) is 57.4 Å². The van der Waals surface area contributed by atoms with E-state index < -0.39 is 20.0 Å². The highest BCUT2D eigenvalue weighted by molar-refractivity contribution is 7.47. The Kier molecular flexibility index (Phi) is 46.1. The third-order valence-corrected chi connectivity index (χ3v) is 13.6. The molecule has 0 saturated heterocycles. The number of nitrogens with one attached hydrogen (secondary N) is 1. The number of allylic oxidation sites excluding steroid dienone is 3. The van der Waals surface area contributed by atoms with Gasteiger partial charge in [-0.1, -0.05) is 225 Å². The molecule has 0 aliphatic heterocycles. The number of esters is 1. The van der Waals surface area contributed by atoms with Gasteiger partial charge in [0.05, 0.1) is 33.8 Å². The molecule has 10 heteroatoms. The van der Waals surface area contributed by atoms with Gasteiger partial charge in [-0.3, -0.25) is 18.6 Å². The summed E-state index contributed by atoms with van der Waals surface area (Å²) in [5.41, 5.74) is 0. The zero-order valence-corrected chi connectivity index (χ0v) is 45.3. The van der Waals surface area contributed by atoms with Gasteiger partial charge in [0.2, 0.25) is 5.91 Å². The van der Waals surface area contributed by atoms with Gasteiger partial charge in [0, 0.05) is 12.8 Å². The molecule has 3 unspecified atom stereocenters. The molecule has 0 radical (unpaired) electrons. The van der Waals surface area contributed by atoms with Crippen molar-refractivity contribution < 1.29 is 37.3 Å². The molecule has 66 heavy (non-hydrogen) atoms. The maximum atomic E-state index is 13.5. The first-order chi connectivity index (χ1) is 31.9. The molecule has 0 aliphatic carbocycles. The van der Waals surface area contributed by atoms with Gasteiger partial charge in [-0.15, -0.1) is 0 Å². The third kappa shape index (κ3) is 47.6. The van der Waals surface area contributed by atoms with E-state index in [0.717, 1.165) is 57.8 Å². The second-order valence-electron chi connectivity index (χ2n) is 20.5. The zero-order chi connectivity index (χ0) is 48.7. The lowest BCUT2D eigenvalue weighted by molar-refractivity contribution is -0.870. The Hall–Kier alpha value is -1.51. The van der Waals surface area contributed by atoms with Crippen LogP contribution in [0.25, 0.3) is 0 Å². The van der Waals surface area contributed by atoms with Gasteiger partial charge in [-0.25, -0.2) is 4.57 Å².